The van der Waals surface area contributed by atoms with Crippen molar-refractivity contribution in [2.24, 2.45) is 5.92 Å². The Balaban J connectivity index is 2.74. The highest BCUT2D eigenvalue weighted by molar-refractivity contribution is 5.99. The number of alkyl carbamates (subject to hydrolysis) is 1. The van der Waals surface area contributed by atoms with Crippen LogP contribution in [0.3, 0.4) is 0 Å². The maximum absolute atomic E-state index is 12.2. The molecule has 0 bridgehead atoms. The van der Waals surface area contributed by atoms with Crippen LogP contribution in [0.15, 0.2) is 22.8 Å². The summed E-state index contributed by atoms with van der Waals surface area (Å²) in [6, 6.07) is 2.55. The summed E-state index contributed by atoms with van der Waals surface area (Å²) in [5, 5.41) is 2.59. The summed E-state index contributed by atoms with van der Waals surface area (Å²) >= 11 is 0. The Labute approximate surface area is 113 Å². The lowest BCUT2D eigenvalue weighted by molar-refractivity contribution is 0.0473. The molecule has 1 atom stereocenters. The molecule has 0 aliphatic rings. The normalized spacial score (nSPS) is 13.2. The highest BCUT2D eigenvalue weighted by Crippen LogP contribution is 2.13. The van der Waals surface area contributed by atoms with Crippen LogP contribution in [-0.2, 0) is 4.74 Å². The minimum absolute atomic E-state index is 0.0647. The quantitative estimate of drug-likeness (QED) is 0.851. The van der Waals surface area contributed by atoms with Crippen molar-refractivity contribution in [3.63, 3.8) is 0 Å². The average Bonchev–Trinajstić information content (AvgIpc) is 2.75. The van der Waals surface area contributed by atoms with Crippen molar-refractivity contribution in [1.29, 1.82) is 0 Å². The highest BCUT2D eigenvalue weighted by atomic mass is 16.6. The Morgan fingerprint density at radius 2 is 1.95 bits per heavy atom. The Kier molecular flexibility index (Phi) is 4.75. The molecule has 0 radical (unpaired) electrons. The first-order valence-corrected chi connectivity index (χ1v) is 6.28. The zero-order valence-corrected chi connectivity index (χ0v) is 12.0. The smallest absolute Gasteiger partial charge is 0.408 e. The minimum atomic E-state index is -0.666. The number of Topliss-reactive ketones (excluding diaryl/α,β-unsaturated/α-hetero) is 1. The van der Waals surface area contributed by atoms with E-state index in [1.807, 2.05) is 13.8 Å². The van der Waals surface area contributed by atoms with Gasteiger partial charge in [-0.15, -0.1) is 0 Å². The summed E-state index contributed by atoms with van der Waals surface area (Å²) in [6.45, 7) is 9.01. The van der Waals surface area contributed by atoms with Gasteiger partial charge in [-0.2, -0.15) is 0 Å². The lowest BCUT2D eigenvalue weighted by Gasteiger charge is -2.24. The number of ether oxygens (including phenoxy) is 1. The first-order valence-electron chi connectivity index (χ1n) is 6.28. The Bertz CT molecular complexity index is 429. The summed E-state index contributed by atoms with van der Waals surface area (Å²) in [7, 11) is 0. The molecule has 0 unspecified atom stereocenters. The fourth-order valence-corrected chi connectivity index (χ4v) is 1.54. The fourth-order valence-electron chi connectivity index (χ4n) is 1.54. The molecule has 1 heterocycles. The zero-order valence-electron chi connectivity index (χ0n) is 12.0. The van der Waals surface area contributed by atoms with Crippen LogP contribution in [-0.4, -0.2) is 23.5 Å². The monoisotopic (exact) mass is 267 g/mol. The molecule has 19 heavy (non-hydrogen) atoms. The Hall–Kier alpha value is -1.78. The Morgan fingerprint density at radius 1 is 1.32 bits per heavy atom. The standard InChI is InChI=1S/C14H21NO4/c1-9(2)11(12(16)10-7-6-8-18-10)15-13(17)19-14(3,4)5/h6-9,11H,1-5H3,(H,15,17)/t11-/m0/s1. The Morgan fingerprint density at radius 3 is 2.37 bits per heavy atom. The average molecular weight is 267 g/mol. The number of carbonyl (C=O) groups excluding carboxylic acids is 2. The van der Waals surface area contributed by atoms with Gasteiger partial charge in [-0.25, -0.2) is 4.79 Å². The van der Waals surface area contributed by atoms with Crippen LogP contribution < -0.4 is 5.32 Å². The molecular weight excluding hydrogens is 246 g/mol. The number of carbonyl (C=O) groups is 2. The molecule has 0 saturated carbocycles. The molecule has 1 aromatic rings. The SMILES string of the molecule is CC(C)[C@H](NC(=O)OC(C)(C)C)C(=O)c1ccco1. The van der Waals surface area contributed by atoms with E-state index in [-0.39, 0.29) is 17.5 Å². The number of hydrogen-bond acceptors (Lipinski definition) is 4. The van der Waals surface area contributed by atoms with E-state index in [4.69, 9.17) is 9.15 Å². The summed E-state index contributed by atoms with van der Waals surface area (Å²) < 4.78 is 10.2. The van der Waals surface area contributed by atoms with Gasteiger partial charge in [0.15, 0.2) is 5.76 Å². The van der Waals surface area contributed by atoms with Crippen LogP contribution in [0.1, 0.15) is 45.2 Å². The molecule has 0 aliphatic carbocycles. The van der Waals surface area contributed by atoms with Crippen LogP contribution in [0, 0.1) is 5.92 Å². The third-order valence-corrected chi connectivity index (χ3v) is 2.39. The van der Waals surface area contributed by atoms with Crippen molar-refractivity contribution in [3.8, 4) is 0 Å². The summed E-state index contributed by atoms with van der Waals surface area (Å²) in [6.07, 6.45) is 0.823. The second kappa shape index (κ2) is 5.91. The van der Waals surface area contributed by atoms with Crippen molar-refractivity contribution < 1.29 is 18.7 Å². The van der Waals surface area contributed by atoms with Crippen LogP contribution in [0.5, 0.6) is 0 Å². The zero-order chi connectivity index (χ0) is 14.6. The van der Waals surface area contributed by atoms with E-state index >= 15 is 0 Å². The van der Waals surface area contributed by atoms with E-state index < -0.39 is 17.7 Å². The van der Waals surface area contributed by atoms with E-state index in [1.54, 1.807) is 32.9 Å². The lowest BCUT2D eigenvalue weighted by Crippen LogP contribution is -2.46. The van der Waals surface area contributed by atoms with Gasteiger partial charge in [-0.05, 0) is 38.8 Å². The van der Waals surface area contributed by atoms with Crippen LogP contribution >= 0.6 is 0 Å². The molecule has 1 N–H and O–H groups in total. The van der Waals surface area contributed by atoms with E-state index in [9.17, 15) is 9.59 Å². The highest BCUT2D eigenvalue weighted by Gasteiger charge is 2.28. The second-order valence-electron chi connectivity index (χ2n) is 5.71. The topological polar surface area (TPSA) is 68.5 Å². The number of nitrogens with one attached hydrogen (secondary N) is 1. The molecule has 106 valence electrons. The fraction of sp³-hybridized carbons (Fsp3) is 0.571. The van der Waals surface area contributed by atoms with E-state index in [2.05, 4.69) is 5.32 Å². The molecule has 1 amide bonds. The summed E-state index contributed by atoms with van der Waals surface area (Å²) in [5.74, 6) is -0.0919. The largest absolute Gasteiger partial charge is 0.461 e. The van der Waals surface area contributed by atoms with Gasteiger partial charge in [0, 0.05) is 0 Å². The van der Waals surface area contributed by atoms with Crippen LogP contribution in [0.2, 0.25) is 0 Å². The van der Waals surface area contributed by atoms with Crippen molar-refractivity contribution in [2.45, 2.75) is 46.3 Å². The van der Waals surface area contributed by atoms with Gasteiger partial charge in [0.2, 0.25) is 5.78 Å². The number of furan rings is 1. The van der Waals surface area contributed by atoms with Gasteiger partial charge in [0.1, 0.15) is 11.6 Å². The summed E-state index contributed by atoms with van der Waals surface area (Å²) in [5.41, 5.74) is -0.598. The molecule has 0 fully saturated rings. The van der Waals surface area contributed by atoms with Gasteiger partial charge < -0.3 is 14.5 Å². The first kappa shape index (κ1) is 15.3. The van der Waals surface area contributed by atoms with Gasteiger partial charge in [-0.3, -0.25) is 4.79 Å². The third kappa shape index (κ3) is 4.77. The molecule has 1 rings (SSSR count). The predicted octanol–water partition coefficient (Wildman–Crippen LogP) is 3.01. The lowest BCUT2D eigenvalue weighted by atomic mass is 9.98. The first-order chi connectivity index (χ1) is 8.70. The minimum Gasteiger partial charge on any atom is -0.461 e. The molecule has 0 spiro atoms. The van der Waals surface area contributed by atoms with Crippen molar-refractivity contribution in [3.05, 3.63) is 24.2 Å². The molecule has 0 aromatic carbocycles. The van der Waals surface area contributed by atoms with Crippen molar-refractivity contribution in [2.75, 3.05) is 0 Å². The second-order valence-corrected chi connectivity index (χ2v) is 5.71. The third-order valence-electron chi connectivity index (χ3n) is 2.39. The number of amides is 1. The molecule has 1 aromatic heterocycles. The summed E-state index contributed by atoms with van der Waals surface area (Å²) in [4.78, 5) is 23.9. The van der Waals surface area contributed by atoms with E-state index in [0.717, 1.165) is 0 Å². The van der Waals surface area contributed by atoms with E-state index in [1.165, 1.54) is 6.26 Å². The van der Waals surface area contributed by atoms with Gasteiger partial charge in [0.05, 0.1) is 6.26 Å². The van der Waals surface area contributed by atoms with Gasteiger partial charge >= 0.3 is 6.09 Å². The maximum Gasteiger partial charge on any atom is 0.408 e. The van der Waals surface area contributed by atoms with Crippen LogP contribution in [0.4, 0.5) is 4.79 Å². The van der Waals surface area contributed by atoms with Crippen molar-refractivity contribution in [1.82, 2.24) is 5.32 Å². The predicted molar refractivity (Wildman–Crippen MR) is 71.0 cm³/mol. The van der Waals surface area contributed by atoms with E-state index in [0.29, 0.717) is 0 Å². The van der Waals surface area contributed by atoms with Crippen molar-refractivity contribution >= 4 is 11.9 Å². The molecule has 0 saturated heterocycles. The molecule has 5 nitrogen and oxygen atoms in total. The molecular formula is C14H21NO4. The number of hydrogen-bond donors (Lipinski definition) is 1. The number of ketones is 1. The molecule has 5 heteroatoms. The maximum atomic E-state index is 12.2. The molecule has 0 aliphatic heterocycles. The van der Waals surface area contributed by atoms with Gasteiger partial charge in [0.25, 0.3) is 0 Å². The van der Waals surface area contributed by atoms with Gasteiger partial charge in [-0.1, -0.05) is 13.8 Å². The van der Waals surface area contributed by atoms with Crippen LogP contribution in [0.25, 0.3) is 0 Å². The number of rotatable bonds is 4.